The number of aromatic amines is 1. The maximum Gasteiger partial charge on any atom is 0.258 e. The van der Waals surface area contributed by atoms with Crippen molar-refractivity contribution < 1.29 is 9.64 Å². The van der Waals surface area contributed by atoms with Crippen molar-refractivity contribution >= 4 is 10.9 Å². The molecule has 5 rings (SSSR count). The molecule has 1 atom stereocenters. The van der Waals surface area contributed by atoms with E-state index < -0.39 is 0 Å². The van der Waals surface area contributed by atoms with Crippen LogP contribution in [0.3, 0.4) is 0 Å². The molecule has 0 radical (unpaired) electrons. The van der Waals surface area contributed by atoms with Crippen molar-refractivity contribution in [3.63, 3.8) is 0 Å². The molecule has 1 aliphatic carbocycles. The number of fused-ring (bicyclic) bond motifs is 1. The first-order chi connectivity index (χ1) is 15.1. The van der Waals surface area contributed by atoms with Gasteiger partial charge in [-0.2, -0.15) is 0 Å². The lowest BCUT2D eigenvalue weighted by molar-refractivity contribution is -0.933. The second kappa shape index (κ2) is 8.51. The van der Waals surface area contributed by atoms with Gasteiger partial charge < -0.3 is 14.6 Å². The van der Waals surface area contributed by atoms with Gasteiger partial charge in [0.15, 0.2) is 6.04 Å². The zero-order chi connectivity index (χ0) is 21.4. The highest BCUT2D eigenvalue weighted by Gasteiger charge is 2.36. The van der Waals surface area contributed by atoms with E-state index in [9.17, 15) is 4.79 Å². The van der Waals surface area contributed by atoms with Crippen molar-refractivity contribution in [3.05, 3.63) is 51.1 Å². The molecule has 164 valence electrons. The summed E-state index contributed by atoms with van der Waals surface area (Å²) in [5.41, 5.74) is 3.83. The summed E-state index contributed by atoms with van der Waals surface area (Å²) in [6, 6.07) is 6.34. The largest absolute Gasteiger partial charge is 0.370 e. The van der Waals surface area contributed by atoms with Gasteiger partial charge in [-0.15, -0.1) is 5.10 Å². The number of tetrazole rings is 1. The van der Waals surface area contributed by atoms with Crippen LogP contribution in [0.25, 0.3) is 10.9 Å². The molecule has 1 saturated heterocycles. The lowest BCUT2D eigenvalue weighted by Gasteiger charge is -2.32. The minimum Gasteiger partial charge on any atom is -0.370 e. The molecule has 2 aliphatic rings. The van der Waals surface area contributed by atoms with E-state index in [2.05, 4.69) is 45.6 Å². The molecule has 0 spiro atoms. The molecule has 1 saturated carbocycles. The Morgan fingerprint density at radius 2 is 1.87 bits per heavy atom. The number of quaternary nitrogens is 1. The van der Waals surface area contributed by atoms with Gasteiger partial charge in [0.25, 0.3) is 5.56 Å². The first kappa shape index (κ1) is 20.3. The van der Waals surface area contributed by atoms with E-state index in [1.165, 1.54) is 24.2 Å². The third-order valence-electron chi connectivity index (χ3n) is 7.02. The Kier molecular flexibility index (Phi) is 5.58. The smallest absolute Gasteiger partial charge is 0.258 e. The van der Waals surface area contributed by atoms with Gasteiger partial charge >= 0.3 is 0 Å². The van der Waals surface area contributed by atoms with Crippen LogP contribution in [0.4, 0.5) is 0 Å². The number of morpholine rings is 1. The van der Waals surface area contributed by atoms with Crippen molar-refractivity contribution in [2.45, 2.75) is 58.0 Å². The summed E-state index contributed by atoms with van der Waals surface area (Å²) in [5, 5.41) is 14.1. The van der Waals surface area contributed by atoms with Crippen LogP contribution >= 0.6 is 0 Å². The number of benzene rings is 1. The van der Waals surface area contributed by atoms with E-state index >= 15 is 0 Å². The Morgan fingerprint density at radius 1 is 1.13 bits per heavy atom. The molecule has 2 aromatic heterocycles. The summed E-state index contributed by atoms with van der Waals surface area (Å²) >= 11 is 0. The molecule has 3 heterocycles. The molecule has 2 fully saturated rings. The first-order valence-corrected chi connectivity index (χ1v) is 11.5. The van der Waals surface area contributed by atoms with Crippen molar-refractivity contribution in [2.24, 2.45) is 0 Å². The Balaban J connectivity index is 1.66. The van der Waals surface area contributed by atoms with Gasteiger partial charge in [-0.1, -0.05) is 31.4 Å². The molecule has 8 nitrogen and oxygen atoms in total. The normalized spacial score (nSPS) is 19.7. The molecule has 3 aromatic rings. The number of nitrogens with one attached hydrogen (secondary N) is 2. The average molecular weight is 424 g/mol. The molecular weight excluding hydrogens is 392 g/mol. The van der Waals surface area contributed by atoms with E-state index in [1.807, 2.05) is 11.6 Å². The van der Waals surface area contributed by atoms with Crippen molar-refractivity contribution in [1.82, 2.24) is 25.2 Å². The van der Waals surface area contributed by atoms with Crippen LogP contribution in [0, 0.1) is 13.8 Å². The van der Waals surface area contributed by atoms with Crippen molar-refractivity contribution in [2.75, 3.05) is 26.3 Å². The summed E-state index contributed by atoms with van der Waals surface area (Å²) in [5.74, 6) is 0.805. The SMILES string of the molecule is Cc1ccc(C)c2[nH]c(=O)c([C@H](c3nnnn3C3CCCCC3)[NH+]3CCOCC3)cc12. The van der Waals surface area contributed by atoms with E-state index in [0.29, 0.717) is 19.3 Å². The number of ether oxygens (including phenoxy) is 1. The molecule has 0 amide bonds. The summed E-state index contributed by atoms with van der Waals surface area (Å²) < 4.78 is 7.63. The fourth-order valence-electron chi connectivity index (χ4n) is 5.25. The maximum atomic E-state index is 13.4. The minimum atomic E-state index is -0.214. The zero-order valence-corrected chi connectivity index (χ0v) is 18.4. The Bertz CT molecular complexity index is 1120. The highest BCUT2D eigenvalue weighted by Crippen LogP contribution is 2.30. The molecule has 0 unspecified atom stereocenters. The lowest BCUT2D eigenvalue weighted by Crippen LogP contribution is -3.14. The monoisotopic (exact) mass is 423 g/mol. The summed E-state index contributed by atoms with van der Waals surface area (Å²) in [6.07, 6.45) is 5.86. The first-order valence-electron chi connectivity index (χ1n) is 11.5. The maximum absolute atomic E-state index is 13.4. The summed E-state index contributed by atoms with van der Waals surface area (Å²) in [4.78, 5) is 17.8. The number of hydrogen-bond acceptors (Lipinski definition) is 5. The van der Waals surface area contributed by atoms with Crippen LogP contribution in [0.5, 0.6) is 0 Å². The topological polar surface area (TPSA) is 90.1 Å². The van der Waals surface area contributed by atoms with Gasteiger partial charge in [-0.25, -0.2) is 4.68 Å². The second-order valence-corrected chi connectivity index (χ2v) is 9.02. The number of nitrogens with zero attached hydrogens (tertiary/aromatic N) is 4. The fourth-order valence-corrected chi connectivity index (χ4v) is 5.25. The zero-order valence-electron chi connectivity index (χ0n) is 18.4. The van der Waals surface area contributed by atoms with Gasteiger partial charge in [-0.3, -0.25) is 4.79 Å². The predicted molar refractivity (Wildman–Crippen MR) is 117 cm³/mol. The van der Waals surface area contributed by atoms with Crippen LogP contribution in [-0.2, 0) is 4.74 Å². The van der Waals surface area contributed by atoms with Crippen LogP contribution < -0.4 is 10.5 Å². The Labute approximate surface area is 181 Å². The average Bonchev–Trinajstić information content (AvgIpc) is 3.28. The number of H-pyrrole nitrogens is 1. The Morgan fingerprint density at radius 3 is 2.65 bits per heavy atom. The van der Waals surface area contributed by atoms with Crippen LogP contribution in [-0.4, -0.2) is 51.5 Å². The molecule has 0 bridgehead atoms. The molecular formula is C23H31N6O2+. The molecule has 1 aliphatic heterocycles. The van der Waals surface area contributed by atoms with E-state index in [0.717, 1.165) is 59.3 Å². The van der Waals surface area contributed by atoms with E-state index in [-0.39, 0.29) is 11.6 Å². The molecule has 8 heteroatoms. The van der Waals surface area contributed by atoms with Gasteiger partial charge in [0.2, 0.25) is 5.82 Å². The Hall–Kier alpha value is -2.58. The van der Waals surface area contributed by atoms with Gasteiger partial charge in [-0.05, 0) is 54.3 Å². The number of aryl methyl sites for hydroxylation is 2. The summed E-state index contributed by atoms with van der Waals surface area (Å²) in [6.45, 7) is 7.14. The van der Waals surface area contributed by atoms with Gasteiger partial charge in [0, 0.05) is 5.39 Å². The molecule has 1 aromatic carbocycles. The highest BCUT2D eigenvalue weighted by atomic mass is 16.5. The summed E-state index contributed by atoms with van der Waals surface area (Å²) in [7, 11) is 0. The molecule has 31 heavy (non-hydrogen) atoms. The number of aromatic nitrogens is 5. The van der Waals surface area contributed by atoms with E-state index in [4.69, 9.17) is 4.74 Å². The number of pyridine rings is 1. The second-order valence-electron chi connectivity index (χ2n) is 9.02. The van der Waals surface area contributed by atoms with Crippen molar-refractivity contribution in [3.8, 4) is 0 Å². The van der Waals surface area contributed by atoms with E-state index in [1.54, 1.807) is 0 Å². The van der Waals surface area contributed by atoms with Crippen LogP contribution in [0.1, 0.15) is 66.7 Å². The lowest BCUT2D eigenvalue weighted by atomic mass is 9.94. The number of rotatable bonds is 4. The van der Waals surface area contributed by atoms with Crippen LogP contribution in [0.15, 0.2) is 23.0 Å². The fraction of sp³-hybridized carbons (Fsp3) is 0.565. The highest BCUT2D eigenvalue weighted by molar-refractivity contribution is 5.85. The van der Waals surface area contributed by atoms with Gasteiger partial charge in [0.1, 0.15) is 13.1 Å². The standard InChI is InChI=1S/C23H30N6O2/c1-15-8-9-16(2)20-18(15)14-19(23(30)24-20)21(28-10-12-31-13-11-28)22-25-26-27-29(22)17-6-4-3-5-7-17/h8-9,14,17,21H,3-7,10-13H2,1-2H3,(H,24,30)/p+1/t21-/m1/s1. The van der Waals surface area contributed by atoms with Crippen molar-refractivity contribution in [1.29, 1.82) is 0 Å². The van der Waals surface area contributed by atoms with Gasteiger partial charge in [0.05, 0.1) is 30.3 Å². The quantitative estimate of drug-likeness (QED) is 0.666. The predicted octanol–water partition coefficient (Wildman–Crippen LogP) is 1.64. The third kappa shape index (κ3) is 3.78. The van der Waals surface area contributed by atoms with Crippen LogP contribution in [0.2, 0.25) is 0 Å². The third-order valence-corrected chi connectivity index (χ3v) is 7.02. The number of hydrogen-bond donors (Lipinski definition) is 2. The molecule has 2 N–H and O–H groups in total. The minimum absolute atomic E-state index is 0.0524.